The zero-order chi connectivity index (χ0) is 25.7. The Bertz CT molecular complexity index is 883. The monoisotopic (exact) mass is 495 g/mol. The first kappa shape index (κ1) is 26.6. The fourth-order valence-electron chi connectivity index (χ4n) is 4.24. The van der Waals surface area contributed by atoms with Crippen molar-refractivity contribution >= 4 is 12.1 Å². The molecule has 0 aromatic carbocycles. The summed E-state index contributed by atoms with van der Waals surface area (Å²) in [5, 5.41) is 20.3. The molecule has 2 fully saturated rings. The van der Waals surface area contributed by atoms with E-state index in [0.717, 1.165) is 0 Å². The van der Waals surface area contributed by atoms with Crippen molar-refractivity contribution in [3.8, 4) is 11.8 Å². The van der Waals surface area contributed by atoms with Crippen molar-refractivity contribution in [3.05, 3.63) is 24.3 Å². The predicted molar refractivity (Wildman–Crippen MR) is 126 cm³/mol. The maximum absolute atomic E-state index is 13.5. The van der Waals surface area contributed by atoms with Crippen molar-refractivity contribution in [2.75, 3.05) is 40.3 Å². The predicted octanol–water partition coefficient (Wildman–Crippen LogP) is 2.20. The van der Waals surface area contributed by atoms with Crippen molar-refractivity contribution in [1.29, 1.82) is 0 Å². The summed E-state index contributed by atoms with van der Waals surface area (Å²) in [6, 6.07) is 2.03. The number of carbonyl (C=O) groups excluding carboxylic acids is 2. The van der Waals surface area contributed by atoms with E-state index in [9.17, 15) is 19.8 Å². The molecule has 0 bridgehead atoms. The third kappa shape index (κ3) is 5.82. The summed E-state index contributed by atoms with van der Waals surface area (Å²) >= 11 is 0. The van der Waals surface area contributed by atoms with Gasteiger partial charge in [-0.15, -0.1) is 0 Å². The molecule has 35 heavy (non-hydrogen) atoms. The molecule has 0 aliphatic carbocycles. The van der Waals surface area contributed by atoms with Gasteiger partial charge in [-0.2, -0.15) is 0 Å². The summed E-state index contributed by atoms with van der Waals surface area (Å²) in [5.74, 6) is -0.235. The number of aromatic nitrogens is 1. The Hall–Kier alpha value is -2.96. The van der Waals surface area contributed by atoms with Crippen molar-refractivity contribution < 1.29 is 34.0 Å². The molecule has 2 aliphatic heterocycles. The molecule has 0 spiro atoms. The average Bonchev–Trinajstić information content (AvgIpc) is 3.34. The van der Waals surface area contributed by atoms with Crippen LogP contribution in [0.15, 0.2) is 24.3 Å². The van der Waals surface area contributed by atoms with Gasteiger partial charge in [0.2, 0.25) is 0 Å². The minimum absolute atomic E-state index is 0.0225. The van der Waals surface area contributed by atoms with Crippen LogP contribution >= 0.6 is 0 Å². The van der Waals surface area contributed by atoms with E-state index in [1.54, 1.807) is 4.90 Å². The second-order valence-electron chi connectivity index (χ2n) is 9.24. The maximum Gasteiger partial charge on any atom is 0.326 e. The van der Waals surface area contributed by atoms with Crippen LogP contribution in [0.25, 0.3) is 0 Å². The van der Waals surface area contributed by atoms with Crippen molar-refractivity contribution in [2.45, 2.75) is 52.8 Å². The number of fused-ring (bicyclic) bond motifs is 1. The van der Waals surface area contributed by atoms with E-state index >= 15 is 0 Å². The second kappa shape index (κ2) is 11.6. The lowest BCUT2D eigenvalue weighted by atomic mass is 10.2. The van der Waals surface area contributed by atoms with Crippen LogP contribution < -0.4 is 0 Å². The third-order valence-corrected chi connectivity index (χ3v) is 5.72. The topological polar surface area (TPSA) is 120 Å². The highest BCUT2D eigenvalue weighted by molar-refractivity contribution is 5.85. The summed E-state index contributed by atoms with van der Waals surface area (Å²) < 4.78 is 17.7. The van der Waals surface area contributed by atoms with Crippen LogP contribution in [0.1, 0.15) is 27.7 Å². The van der Waals surface area contributed by atoms with Gasteiger partial charge in [-0.25, -0.2) is 9.59 Å². The van der Waals surface area contributed by atoms with E-state index in [4.69, 9.17) is 14.2 Å². The van der Waals surface area contributed by atoms with Gasteiger partial charge in [0.25, 0.3) is 0 Å². The molecule has 3 rings (SSSR count). The minimum atomic E-state index is -0.665. The first-order valence-electron chi connectivity index (χ1n) is 11.7. The van der Waals surface area contributed by atoms with E-state index in [-0.39, 0.29) is 62.6 Å². The molecular formula is C23H37N5O7. The molecule has 1 aromatic heterocycles. The minimum Gasteiger partial charge on any atom is -0.494 e. The highest BCUT2D eigenvalue weighted by Crippen LogP contribution is 2.37. The average molecular weight is 496 g/mol. The Morgan fingerprint density at radius 3 is 2.06 bits per heavy atom. The zero-order valence-electron chi connectivity index (χ0n) is 21.0. The zero-order valence-corrected chi connectivity index (χ0v) is 21.0. The molecular weight excluding hydrogens is 458 g/mol. The van der Waals surface area contributed by atoms with Crippen LogP contribution in [0.4, 0.5) is 9.59 Å². The number of aromatic hydroxyl groups is 2. The summed E-state index contributed by atoms with van der Waals surface area (Å²) in [7, 11) is 1.47. The Kier molecular flexibility index (Phi) is 8.87. The van der Waals surface area contributed by atoms with Crippen LogP contribution in [0.2, 0.25) is 0 Å². The van der Waals surface area contributed by atoms with E-state index in [2.05, 4.69) is 0 Å². The summed E-state index contributed by atoms with van der Waals surface area (Å²) in [5.41, 5.74) is 0. The molecule has 0 radical (unpaired) electrons. The van der Waals surface area contributed by atoms with Gasteiger partial charge in [0, 0.05) is 25.8 Å². The number of rotatable bonds is 13. The lowest BCUT2D eigenvalue weighted by Crippen LogP contribution is -2.48. The van der Waals surface area contributed by atoms with Crippen LogP contribution in [-0.2, 0) is 20.9 Å². The van der Waals surface area contributed by atoms with Gasteiger partial charge >= 0.3 is 12.1 Å². The largest absolute Gasteiger partial charge is 0.494 e. The van der Waals surface area contributed by atoms with Crippen molar-refractivity contribution in [2.24, 2.45) is 5.92 Å². The van der Waals surface area contributed by atoms with Crippen molar-refractivity contribution in [3.63, 3.8) is 0 Å². The molecule has 3 heterocycles. The molecule has 196 valence electrons. The van der Waals surface area contributed by atoms with Crippen LogP contribution in [-0.4, -0.2) is 105 Å². The van der Waals surface area contributed by atoms with E-state index in [1.807, 2.05) is 39.8 Å². The number of hydrogen-bond donors (Lipinski definition) is 2. The van der Waals surface area contributed by atoms with Gasteiger partial charge in [-0.05, 0) is 19.8 Å². The van der Waals surface area contributed by atoms with Gasteiger partial charge in [-0.3, -0.25) is 24.2 Å². The first-order chi connectivity index (χ1) is 16.7. The molecule has 2 atom stereocenters. The normalized spacial score (nSPS) is 20.5. The van der Waals surface area contributed by atoms with Gasteiger partial charge in [0.1, 0.15) is 20.1 Å². The standard InChI is InChI=1S/C23H37N5O7/c1-16(2)12-24-20-21(28(22(24)31)15-34-10-6-7-11-35-17(3)4)27(14-33-5)23(32)26(20)13-25-18(29)8-9-19(25)30/h6-9,16-17,20-21,29-30H,10-15H2,1-5H3. The SMILES string of the molecule is COCN1C(=O)N(Cn2c(O)ccc2O)C2C1N(COCC=CCOC(C)C)C(=O)N2CC(C)C. The molecule has 12 nitrogen and oxygen atoms in total. The van der Waals surface area contributed by atoms with Gasteiger partial charge in [0.15, 0.2) is 24.1 Å². The first-order valence-corrected chi connectivity index (χ1v) is 11.7. The van der Waals surface area contributed by atoms with Gasteiger partial charge < -0.3 is 24.4 Å². The fraction of sp³-hybridized carbons (Fsp3) is 0.652. The molecule has 1 aromatic rings. The summed E-state index contributed by atoms with van der Waals surface area (Å²) in [4.78, 5) is 32.9. The molecule has 12 heteroatoms. The number of hydrogen-bond acceptors (Lipinski definition) is 7. The smallest absolute Gasteiger partial charge is 0.326 e. The van der Waals surface area contributed by atoms with Gasteiger partial charge in [0.05, 0.1) is 19.3 Å². The highest BCUT2D eigenvalue weighted by atomic mass is 16.5. The highest BCUT2D eigenvalue weighted by Gasteiger charge is 2.59. The Morgan fingerprint density at radius 2 is 1.46 bits per heavy atom. The van der Waals surface area contributed by atoms with Crippen molar-refractivity contribution in [1.82, 2.24) is 24.2 Å². The fourth-order valence-corrected chi connectivity index (χ4v) is 4.24. The Balaban J connectivity index is 1.81. The molecule has 2 N–H and O–H groups in total. The van der Waals surface area contributed by atoms with Crippen LogP contribution in [0.5, 0.6) is 11.8 Å². The number of amides is 4. The molecule has 2 saturated heterocycles. The number of ether oxygens (including phenoxy) is 3. The molecule has 4 amide bonds. The maximum atomic E-state index is 13.5. The molecule has 2 unspecified atom stereocenters. The molecule has 2 aliphatic rings. The van der Waals surface area contributed by atoms with Crippen LogP contribution in [0.3, 0.4) is 0 Å². The lowest BCUT2D eigenvalue weighted by molar-refractivity contribution is -0.0101. The van der Waals surface area contributed by atoms with E-state index in [0.29, 0.717) is 13.2 Å². The second-order valence-corrected chi connectivity index (χ2v) is 9.24. The molecule has 0 saturated carbocycles. The Labute approximate surface area is 205 Å². The number of methoxy groups -OCH3 is 1. The van der Waals surface area contributed by atoms with Crippen LogP contribution in [0, 0.1) is 5.92 Å². The summed E-state index contributed by atoms with van der Waals surface area (Å²) in [6.45, 7) is 8.86. The number of carbonyl (C=O) groups is 2. The summed E-state index contributed by atoms with van der Waals surface area (Å²) in [6.07, 6.45) is 2.49. The van der Waals surface area contributed by atoms with E-state index in [1.165, 1.54) is 38.5 Å². The quantitative estimate of drug-likeness (QED) is 0.318. The van der Waals surface area contributed by atoms with Gasteiger partial charge in [-0.1, -0.05) is 26.0 Å². The lowest BCUT2D eigenvalue weighted by Gasteiger charge is -2.31. The number of nitrogens with zero attached hydrogens (tertiary/aromatic N) is 5. The number of urea groups is 2. The van der Waals surface area contributed by atoms with E-state index < -0.39 is 12.3 Å². The Morgan fingerprint density at radius 1 is 0.886 bits per heavy atom. The third-order valence-electron chi connectivity index (χ3n) is 5.72.